The molecule has 0 saturated heterocycles. The Hall–Kier alpha value is -0.860. The molecule has 1 aliphatic rings. The van der Waals surface area contributed by atoms with Gasteiger partial charge in [-0.2, -0.15) is 0 Å². The lowest BCUT2D eigenvalue weighted by atomic mass is 9.70. The van der Waals surface area contributed by atoms with Gasteiger partial charge in [0, 0.05) is 6.04 Å². The van der Waals surface area contributed by atoms with Gasteiger partial charge in [-0.05, 0) is 30.9 Å². The molecule has 1 aromatic carbocycles. The molecule has 3 N–H and O–H groups in total. The second-order valence-electron chi connectivity index (χ2n) is 4.01. The van der Waals surface area contributed by atoms with Gasteiger partial charge in [-0.15, -0.1) is 0 Å². The summed E-state index contributed by atoms with van der Waals surface area (Å²) in [6, 6.07) is 8.13. The summed E-state index contributed by atoms with van der Waals surface area (Å²) in [6.45, 7) is 2.02. The zero-order valence-corrected chi connectivity index (χ0v) is 7.83. The number of aryl methyl sites for hydroxylation is 1. The molecule has 0 amide bonds. The first-order valence-corrected chi connectivity index (χ1v) is 4.66. The first-order chi connectivity index (χ1) is 6.12. The third-order valence-corrected chi connectivity index (χ3v) is 2.85. The predicted molar refractivity (Wildman–Crippen MR) is 52.3 cm³/mol. The average Bonchev–Trinajstić information content (AvgIpc) is 2.02. The van der Waals surface area contributed by atoms with Gasteiger partial charge >= 0.3 is 0 Å². The second-order valence-corrected chi connectivity index (χ2v) is 4.01. The summed E-state index contributed by atoms with van der Waals surface area (Å²) >= 11 is 0. The molecule has 2 nitrogen and oxygen atoms in total. The third kappa shape index (κ3) is 1.36. The number of hydrogen-bond donors (Lipinski definition) is 2. The fourth-order valence-electron chi connectivity index (χ4n) is 2.12. The largest absolute Gasteiger partial charge is 0.385 e. The SMILES string of the molecule is Cc1ccccc1C1(O)CC(N)C1. The van der Waals surface area contributed by atoms with Gasteiger partial charge in [0.05, 0.1) is 5.60 Å². The van der Waals surface area contributed by atoms with Crippen LogP contribution in [0.2, 0.25) is 0 Å². The van der Waals surface area contributed by atoms with Crippen LogP contribution in [0.5, 0.6) is 0 Å². The third-order valence-electron chi connectivity index (χ3n) is 2.85. The summed E-state index contributed by atoms with van der Waals surface area (Å²) in [4.78, 5) is 0. The van der Waals surface area contributed by atoms with Gasteiger partial charge in [-0.3, -0.25) is 0 Å². The molecule has 2 heteroatoms. The Balaban J connectivity index is 2.31. The van der Waals surface area contributed by atoms with Gasteiger partial charge in [-0.25, -0.2) is 0 Å². The van der Waals surface area contributed by atoms with Gasteiger partial charge in [-0.1, -0.05) is 24.3 Å². The summed E-state index contributed by atoms with van der Waals surface area (Å²) in [5, 5.41) is 10.2. The number of aliphatic hydroxyl groups is 1. The van der Waals surface area contributed by atoms with Crippen LogP contribution < -0.4 is 5.73 Å². The lowest BCUT2D eigenvalue weighted by Gasteiger charge is -2.42. The highest BCUT2D eigenvalue weighted by atomic mass is 16.3. The minimum Gasteiger partial charge on any atom is -0.385 e. The molecule has 0 unspecified atom stereocenters. The van der Waals surface area contributed by atoms with Gasteiger partial charge < -0.3 is 10.8 Å². The van der Waals surface area contributed by atoms with Crippen LogP contribution in [0, 0.1) is 6.92 Å². The lowest BCUT2D eigenvalue weighted by molar-refractivity contribution is -0.0527. The van der Waals surface area contributed by atoms with Crippen LogP contribution in [0.4, 0.5) is 0 Å². The van der Waals surface area contributed by atoms with Crippen molar-refractivity contribution in [2.24, 2.45) is 5.73 Å². The highest BCUT2D eigenvalue weighted by Crippen LogP contribution is 2.41. The molecular weight excluding hydrogens is 162 g/mol. The molecule has 0 heterocycles. The van der Waals surface area contributed by atoms with Crippen LogP contribution in [-0.4, -0.2) is 11.1 Å². The molecule has 1 fully saturated rings. The standard InChI is InChI=1S/C11H15NO/c1-8-4-2-3-5-10(8)11(13)6-9(12)7-11/h2-5,9,13H,6-7,12H2,1H3. The van der Waals surface area contributed by atoms with Crippen molar-refractivity contribution in [3.63, 3.8) is 0 Å². The second kappa shape index (κ2) is 2.82. The van der Waals surface area contributed by atoms with E-state index >= 15 is 0 Å². The van der Waals surface area contributed by atoms with Crippen molar-refractivity contribution >= 4 is 0 Å². The Morgan fingerprint density at radius 1 is 1.38 bits per heavy atom. The van der Waals surface area contributed by atoms with E-state index in [1.165, 1.54) is 0 Å². The van der Waals surface area contributed by atoms with Gasteiger partial charge in [0.1, 0.15) is 0 Å². The Morgan fingerprint density at radius 2 is 2.00 bits per heavy atom. The molecular formula is C11H15NO. The topological polar surface area (TPSA) is 46.2 Å². The summed E-state index contributed by atoms with van der Waals surface area (Å²) in [7, 11) is 0. The van der Waals surface area contributed by atoms with Crippen molar-refractivity contribution in [2.45, 2.75) is 31.4 Å². The van der Waals surface area contributed by atoms with Crippen LogP contribution in [0.1, 0.15) is 24.0 Å². The molecule has 1 aliphatic carbocycles. The number of nitrogens with two attached hydrogens (primary N) is 1. The fraction of sp³-hybridized carbons (Fsp3) is 0.455. The number of hydrogen-bond acceptors (Lipinski definition) is 2. The molecule has 0 aliphatic heterocycles. The highest BCUT2D eigenvalue weighted by molar-refractivity contribution is 5.33. The van der Waals surface area contributed by atoms with Crippen molar-refractivity contribution in [3.8, 4) is 0 Å². The lowest BCUT2D eigenvalue weighted by Crippen LogP contribution is -2.49. The van der Waals surface area contributed by atoms with E-state index in [0.29, 0.717) is 12.8 Å². The van der Waals surface area contributed by atoms with Gasteiger partial charge in [0.2, 0.25) is 0 Å². The Morgan fingerprint density at radius 3 is 2.54 bits per heavy atom. The molecule has 0 aromatic heterocycles. The summed E-state index contributed by atoms with van der Waals surface area (Å²) in [6.07, 6.45) is 1.38. The van der Waals surface area contributed by atoms with Crippen LogP contribution >= 0.6 is 0 Å². The predicted octanol–water partition coefficient (Wildman–Crippen LogP) is 1.30. The molecule has 1 aromatic rings. The first-order valence-electron chi connectivity index (χ1n) is 4.66. The quantitative estimate of drug-likeness (QED) is 0.679. The fourth-order valence-corrected chi connectivity index (χ4v) is 2.12. The normalized spacial score (nSPS) is 32.7. The summed E-state index contributed by atoms with van der Waals surface area (Å²) < 4.78 is 0. The van der Waals surface area contributed by atoms with E-state index in [0.717, 1.165) is 11.1 Å². The molecule has 13 heavy (non-hydrogen) atoms. The van der Waals surface area contributed by atoms with Crippen molar-refractivity contribution in [2.75, 3.05) is 0 Å². The highest BCUT2D eigenvalue weighted by Gasteiger charge is 2.42. The molecule has 2 rings (SSSR count). The van der Waals surface area contributed by atoms with E-state index in [4.69, 9.17) is 5.73 Å². The van der Waals surface area contributed by atoms with Crippen molar-refractivity contribution in [3.05, 3.63) is 35.4 Å². The molecule has 1 saturated carbocycles. The minimum absolute atomic E-state index is 0.171. The Bertz CT molecular complexity index is 316. The Kier molecular flexibility index (Phi) is 1.90. The number of benzene rings is 1. The van der Waals surface area contributed by atoms with Crippen LogP contribution in [0.25, 0.3) is 0 Å². The van der Waals surface area contributed by atoms with Gasteiger partial charge in [0.15, 0.2) is 0 Å². The zero-order valence-electron chi connectivity index (χ0n) is 7.83. The molecule has 0 spiro atoms. The summed E-state index contributed by atoms with van der Waals surface area (Å²) in [5.41, 5.74) is 7.22. The molecule has 70 valence electrons. The van der Waals surface area contributed by atoms with Crippen molar-refractivity contribution in [1.29, 1.82) is 0 Å². The Labute approximate surface area is 78.4 Å². The zero-order chi connectivity index (χ0) is 9.47. The average molecular weight is 177 g/mol. The van der Waals surface area contributed by atoms with Gasteiger partial charge in [0.25, 0.3) is 0 Å². The maximum atomic E-state index is 10.2. The molecule has 0 bridgehead atoms. The molecule has 0 radical (unpaired) electrons. The van der Waals surface area contributed by atoms with Crippen molar-refractivity contribution < 1.29 is 5.11 Å². The monoisotopic (exact) mass is 177 g/mol. The van der Waals surface area contributed by atoms with E-state index in [1.807, 2.05) is 31.2 Å². The maximum absolute atomic E-state index is 10.2. The maximum Gasteiger partial charge on any atom is 0.0928 e. The smallest absolute Gasteiger partial charge is 0.0928 e. The van der Waals surface area contributed by atoms with E-state index < -0.39 is 5.60 Å². The van der Waals surface area contributed by atoms with Crippen LogP contribution in [0.3, 0.4) is 0 Å². The first kappa shape index (κ1) is 8.73. The van der Waals surface area contributed by atoms with Crippen LogP contribution in [0.15, 0.2) is 24.3 Å². The van der Waals surface area contributed by atoms with E-state index in [9.17, 15) is 5.11 Å². The molecule has 0 atom stereocenters. The van der Waals surface area contributed by atoms with Crippen LogP contribution in [-0.2, 0) is 5.60 Å². The van der Waals surface area contributed by atoms with E-state index in [1.54, 1.807) is 0 Å². The van der Waals surface area contributed by atoms with Crippen molar-refractivity contribution in [1.82, 2.24) is 0 Å². The number of rotatable bonds is 1. The summed E-state index contributed by atoms with van der Waals surface area (Å²) in [5.74, 6) is 0. The van der Waals surface area contributed by atoms with E-state index in [2.05, 4.69) is 0 Å². The minimum atomic E-state index is -0.648. The van der Waals surface area contributed by atoms with E-state index in [-0.39, 0.29) is 6.04 Å².